The summed E-state index contributed by atoms with van der Waals surface area (Å²) in [6.07, 6.45) is 7.50. The van der Waals surface area contributed by atoms with Crippen LogP contribution in [0.1, 0.15) is 28.0 Å². The lowest BCUT2D eigenvalue weighted by molar-refractivity contribution is 0.102. The zero-order valence-electron chi connectivity index (χ0n) is 17.4. The second kappa shape index (κ2) is 10.2. The van der Waals surface area contributed by atoms with E-state index >= 15 is 0 Å². The van der Waals surface area contributed by atoms with Gasteiger partial charge < -0.3 is 5.32 Å². The number of carbonyl (C=O) groups excluding carboxylic acids is 1. The van der Waals surface area contributed by atoms with Crippen LogP contribution in [0, 0.1) is 5.82 Å². The Hall–Kier alpha value is -3.51. The quantitative estimate of drug-likeness (QED) is 0.282. The van der Waals surface area contributed by atoms with E-state index < -0.39 is 29.3 Å². The summed E-state index contributed by atoms with van der Waals surface area (Å²) < 4.78 is 43.0. The molecule has 0 saturated carbocycles. The lowest BCUT2D eigenvalue weighted by atomic mass is 10.0. The van der Waals surface area contributed by atoms with Crippen molar-refractivity contribution >= 4 is 35.0 Å². The number of rotatable bonds is 7. The zero-order valence-corrected chi connectivity index (χ0v) is 19.0. The predicted molar refractivity (Wildman–Crippen MR) is 120 cm³/mol. The largest absolute Gasteiger partial charge is 0.318 e. The van der Waals surface area contributed by atoms with Crippen molar-refractivity contribution in [3.05, 3.63) is 77.0 Å². The molecule has 1 amide bonds. The van der Waals surface area contributed by atoms with Crippen LogP contribution in [0.25, 0.3) is 11.3 Å². The molecule has 0 fully saturated rings. The first kappa shape index (κ1) is 23.6. The minimum atomic E-state index is -2.98. The van der Waals surface area contributed by atoms with Gasteiger partial charge in [-0.25, -0.2) is 28.1 Å². The van der Waals surface area contributed by atoms with Crippen molar-refractivity contribution in [2.75, 3.05) is 11.6 Å². The first-order valence-electron chi connectivity index (χ1n) is 9.63. The van der Waals surface area contributed by atoms with Crippen molar-refractivity contribution in [2.24, 2.45) is 0 Å². The molecule has 0 aliphatic carbocycles. The number of nitrogens with one attached hydrogen (secondary N) is 1. The van der Waals surface area contributed by atoms with E-state index in [1.54, 1.807) is 23.3 Å². The van der Waals surface area contributed by atoms with Gasteiger partial charge in [0.25, 0.3) is 12.3 Å². The molecule has 4 rings (SSSR count). The number of hydrogen-bond donors (Lipinski definition) is 1. The molecule has 174 valence electrons. The van der Waals surface area contributed by atoms with E-state index in [0.717, 1.165) is 30.1 Å². The first-order chi connectivity index (χ1) is 16.4. The van der Waals surface area contributed by atoms with E-state index in [0.29, 0.717) is 17.4 Å². The van der Waals surface area contributed by atoms with E-state index in [1.165, 1.54) is 18.0 Å². The Labute approximate surface area is 200 Å². The summed E-state index contributed by atoms with van der Waals surface area (Å²) in [6.45, 7) is 0.379. The smallest absolute Gasteiger partial charge is 0.275 e. The van der Waals surface area contributed by atoms with Crippen molar-refractivity contribution in [3.8, 4) is 11.3 Å². The Morgan fingerprint density at radius 1 is 1.18 bits per heavy atom. The number of carbonyl (C=O) groups is 1. The van der Waals surface area contributed by atoms with Gasteiger partial charge in [-0.3, -0.25) is 14.5 Å². The number of halogens is 4. The topological polar surface area (TPSA) is 98.5 Å². The number of benzene rings is 1. The molecule has 0 radical (unpaired) electrons. The van der Waals surface area contributed by atoms with Crippen molar-refractivity contribution in [1.82, 2.24) is 29.7 Å². The van der Waals surface area contributed by atoms with E-state index in [-0.39, 0.29) is 16.4 Å². The van der Waals surface area contributed by atoms with E-state index in [9.17, 15) is 18.0 Å². The van der Waals surface area contributed by atoms with Gasteiger partial charge in [0.2, 0.25) is 0 Å². The summed E-state index contributed by atoms with van der Waals surface area (Å²) in [5, 5.41) is 7.07. The van der Waals surface area contributed by atoms with Crippen LogP contribution < -0.4 is 5.32 Å². The lowest BCUT2D eigenvalue weighted by Gasteiger charge is -2.11. The number of hydrogen-bond acceptors (Lipinski definition) is 7. The summed E-state index contributed by atoms with van der Waals surface area (Å²) >= 11 is 7.19. The minimum Gasteiger partial charge on any atom is -0.318 e. The van der Waals surface area contributed by atoms with Gasteiger partial charge in [0.1, 0.15) is 5.69 Å². The molecule has 1 N–H and O–H groups in total. The van der Waals surface area contributed by atoms with Crippen LogP contribution in [0.15, 0.2) is 54.5 Å². The molecule has 0 spiro atoms. The van der Waals surface area contributed by atoms with Gasteiger partial charge in [-0.15, -0.1) is 0 Å². The van der Waals surface area contributed by atoms with Gasteiger partial charge in [0, 0.05) is 35.3 Å². The molecule has 1 aromatic carbocycles. The predicted octanol–water partition coefficient (Wildman–Crippen LogP) is 4.88. The summed E-state index contributed by atoms with van der Waals surface area (Å²) in [4.78, 5) is 28.9. The minimum absolute atomic E-state index is 0.203. The third-order valence-electron chi connectivity index (χ3n) is 4.59. The molecule has 0 bridgehead atoms. The van der Waals surface area contributed by atoms with Crippen LogP contribution in [0.2, 0.25) is 5.02 Å². The number of aromatic nitrogens is 6. The van der Waals surface area contributed by atoms with Crippen LogP contribution >= 0.6 is 23.4 Å². The van der Waals surface area contributed by atoms with Gasteiger partial charge in [-0.1, -0.05) is 29.4 Å². The average molecular weight is 506 g/mol. The summed E-state index contributed by atoms with van der Waals surface area (Å²) in [5.74, 6) is -1.75. The second-order valence-corrected chi connectivity index (χ2v) is 8.06. The molecule has 4 aromatic rings. The zero-order chi connectivity index (χ0) is 24.2. The first-order valence-corrected chi connectivity index (χ1v) is 11.2. The molecule has 0 aliphatic heterocycles. The Morgan fingerprint density at radius 2 is 1.94 bits per heavy atom. The van der Waals surface area contributed by atoms with Crippen LogP contribution in [0.4, 0.5) is 18.9 Å². The molecule has 0 unspecified atom stereocenters. The average Bonchev–Trinajstić information content (AvgIpc) is 3.27. The Balaban J connectivity index is 1.52. The molecular formula is C21H15ClF3N7OS. The summed E-state index contributed by atoms with van der Waals surface area (Å²) in [7, 11) is 0. The number of alkyl halides is 2. The van der Waals surface area contributed by atoms with Gasteiger partial charge in [0.15, 0.2) is 11.0 Å². The number of anilines is 1. The Bertz CT molecular complexity index is 1330. The molecule has 8 nitrogen and oxygen atoms in total. The van der Waals surface area contributed by atoms with Crippen molar-refractivity contribution in [2.45, 2.75) is 18.1 Å². The highest BCUT2D eigenvalue weighted by atomic mass is 35.5. The third kappa shape index (κ3) is 5.18. The molecule has 0 aliphatic rings. The fraction of sp³-hybridized carbons (Fsp3) is 0.143. The van der Waals surface area contributed by atoms with Gasteiger partial charge >= 0.3 is 0 Å². The monoisotopic (exact) mass is 505 g/mol. The molecule has 0 atom stereocenters. The Kier molecular flexibility index (Phi) is 7.08. The van der Waals surface area contributed by atoms with E-state index in [2.05, 4.69) is 30.4 Å². The van der Waals surface area contributed by atoms with Crippen LogP contribution in [0.3, 0.4) is 0 Å². The standard InChI is InChI=1S/C21H15ClF3N7OS/c1-34-21-27-4-11(5-28-21)9-32-10-12(6-29-32)30-20(33)16-8-26-7-15(31-16)17-13(19(24)25)2-3-14(22)18(17)23/h2-8,10,19H,9H2,1H3,(H,30,33). The van der Waals surface area contributed by atoms with Crippen LogP contribution in [0.5, 0.6) is 0 Å². The normalized spacial score (nSPS) is 11.1. The van der Waals surface area contributed by atoms with E-state index in [4.69, 9.17) is 11.6 Å². The van der Waals surface area contributed by atoms with Crippen LogP contribution in [-0.2, 0) is 6.54 Å². The fourth-order valence-electron chi connectivity index (χ4n) is 3.03. The maximum Gasteiger partial charge on any atom is 0.275 e. The number of amides is 1. The summed E-state index contributed by atoms with van der Waals surface area (Å²) in [6, 6.07) is 2.04. The highest BCUT2D eigenvalue weighted by Crippen LogP contribution is 2.35. The lowest BCUT2D eigenvalue weighted by Crippen LogP contribution is -2.14. The molecule has 0 saturated heterocycles. The fourth-order valence-corrected chi connectivity index (χ4v) is 3.50. The van der Waals surface area contributed by atoms with Gasteiger partial charge in [-0.05, 0) is 12.3 Å². The van der Waals surface area contributed by atoms with Crippen molar-refractivity contribution in [1.29, 1.82) is 0 Å². The second-order valence-electron chi connectivity index (χ2n) is 6.87. The maximum absolute atomic E-state index is 14.6. The highest BCUT2D eigenvalue weighted by Gasteiger charge is 2.22. The third-order valence-corrected chi connectivity index (χ3v) is 5.45. The van der Waals surface area contributed by atoms with Crippen LogP contribution in [-0.4, -0.2) is 41.9 Å². The summed E-state index contributed by atoms with van der Waals surface area (Å²) in [5.41, 5.74) is -0.383. The van der Waals surface area contributed by atoms with Crippen molar-refractivity contribution < 1.29 is 18.0 Å². The SMILES string of the molecule is CSc1ncc(Cn2cc(NC(=O)c3cncc(-c4c(C(F)F)ccc(Cl)c4F)n3)cn2)cn1. The molecular weight excluding hydrogens is 491 g/mol. The maximum atomic E-state index is 14.6. The molecule has 13 heteroatoms. The number of thioether (sulfide) groups is 1. The van der Waals surface area contributed by atoms with Crippen molar-refractivity contribution in [3.63, 3.8) is 0 Å². The van der Waals surface area contributed by atoms with E-state index in [1.807, 2.05) is 6.26 Å². The Morgan fingerprint density at radius 3 is 2.65 bits per heavy atom. The molecule has 3 heterocycles. The van der Waals surface area contributed by atoms with Gasteiger partial charge in [0.05, 0.1) is 41.5 Å². The van der Waals surface area contributed by atoms with Gasteiger partial charge in [-0.2, -0.15) is 5.10 Å². The highest BCUT2D eigenvalue weighted by molar-refractivity contribution is 7.98. The molecule has 3 aromatic heterocycles. The number of nitrogens with zero attached hydrogens (tertiary/aromatic N) is 6. The molecule has 34 heavy (non-hydrogen) atoms.